The van der Waals surface area contributed by atoms with Crippen LogP contribution in [0.25, 0.3) is 0 Å². The van der Waals surface area contributed by atoms with E-state index >= 15 is 0 Å². The van der Waals surface area contributed by atoms with Gasteiger partial charge in [0.05, 0.1) is 10.2 Å². The number of unbranched alkanes of at least 4 members (excludes halogenated alkanes) is 1. The summed E-state index contributed by atoms with van der Waals surface area (Å²) < 4.78 is 26.5. The minimum atomic E-state index is -0.929. The third kappa shape index (κ3) is 5.34. The zero-order valence-corrected chi connectivity index (χ0v) is 11.5. The fraction of sp³-hybridized carbons (Fsp3) is 0.333. The Bertz CT molecular complexity index is 494. The van der Waals surface area contributed by atoms with Crippen LogP contribution in [0, 0.1) is 11.6 Å². The van der Waals surface area contributed by atoms with Crippen LogP contribution < -0.4 is 5.32 Å². The quantitative estimate of drug-likeness (QED) is 0.619. The number of rotatable bonds is 6. The molecule has 0 aliphatic rings. The molecule has 2 N–H and O–H groups in total. The number of benzene rings is 1. The van der Waals surface area contributed by atoms with Gasteiger partial charge in [-0.1, -0.05) is 0 Å². The summed E-state index contributed by atoms with van der Waals surface area (Å²) in [6.07, 6.45) is 0.775. The molecule has 0 atom stereocenters. The predicted molar refractivity (Wildman–Crippen MR) is 68.8 cm³/mol. The average molecular weight is 336 g/mol. The number of carbonyl (C=O) groups is 2. The number of amides is 1. The van der Waals surface area contributed by atoms with Crippen LogP contribution in [-0.2, 0) is 9.59 Å². The molecule has 0 radical (unpaired) electrons. The van der Waals surface area contributed by atoms with Crippen molar-refractivity contribution in [2.24, 2.45) is 0 Å². The molecule has 104 valence electrons. The van der Waals surface area contributed by atoms with E-state index in [1.807, 2.05) is 0 Å². The molecule has 19 heavy (non-hydrogen) atoms. The van der Waals surface area contributed by atoms with E-state index in [4.69, 9.17) is 5.11 Å². The molecular formula is C12H12BrF2NO3. The van der Waals surface area contributed by atoms with E-state index in [1.54, 1.807) is 0 Å². The van der Waals surface area contributed by atoms with Crippen LogP contribution in [0.5, 0.6) is 0 Å². The summed E-state index contributed by atoms with van der Waals surface area (Å²) in [6.45, 7) is 0. The van der Waals surface area contributed by atoms with Crippen LogP contribution in [-0.4, -0.2) is 17.0 Å². The number of hydrogen-bond donors (Lipinski definition) is 2. The van der Waals surface area contributed by atoms with Crippen molar-refractivity contribution in [1.82, 2.24) is 0 Å². The van der Waals surface area contributed by atoms with Crippen molar-refractivity contribution in [3.8, 4) is 0 Å². The average Bonchev–Trinajstić information content (AvgIpc) is 2.31. The number of carboxylic acid groups (broad SMARTS) is 1. The van der Waals surface area contributed by atoms with Crippen molar-refractivity contribution in [2.45, 2.75) is 25.7 Å². The van der Waals surface area contributed by atoms with Crippen LogP contribution in [0.3, 0.4) is 0 Å². The first kappa shape index (κ1) is 15.6. The normalized spacial score (nSPS) is 10.3. The molecule has 0 aliphatic carbocycles. The minimum absolute atomic E-state index is 0.0193. The SMILES string of the molecule is O=C(O)CCCCC(=O)Nc1cc(F)c(Br)cc1F. The molecule has 1 rings (SSSR count). The van der Waals surface area contributed by atoms with Crippen LogP contribution in [0.1, 0.15) is 25.7 Å². The van der Waals surface area contributed by atoms with Crippen molar-refractivity contribution in [3.63, 3.8) is 0 Å². The highest BCUT2D eigenvalue weighted by atomic mass is 79.9. The molecule has 7 heteroatoms. The van der Waals surface area contributed by atoms with E-state index in [1.165, 1.54) is 0 Å². The van der Waals surface area contributed by atoms with Gasteiger partial charge in [0.1, 0.15) is 11.6 Å². The first-order chi connectivity index (χ1) is 8.90. The van der Waals surface area contributed by atoms with Gasteiger partial charge in [-0.25, -0.2) is 8.78 Å². The Morgan fingerprint density at radius 3 is 2.42 bits per heavy atom. The molecule has 0 heterocycles. The molecule has 0 bridgehead atoms. The molecule has 0 unspecified atom stereocenters. The van der Waals surface area contributed by atoms with Crippen molar-refractivity contribution in [1.29, 1.82) is 0 Å². The van der Waals surface area contributed by atoms with Crippen LogP contribution in [0.2, 0.25) is 0 Å². The summed E-state index contributed by atoms with van der Waals surface area (Å²) in [5.41, 5.74) is -0.232. The van der Waals surface area contributed by atoms with Gasteiger partial charge in [0.2, 0.25) is 5.91 Å². The predicted octanol–water partition coefficient (Wildman–Crippen LogP) is 3.31. The van der Waals surface area contributed by atoms with Gasteiger partial charge in [0, 0.05) is 18.9 Å². The van der Waals surface area contributed by atoms with E-state index in [0.29, 0.717) is 12.8 Å². The Labute approximate surface area is 116 Å². The maximum atomic E-state index is 13.4. The standard InChI is InChI=1S/C12H12BrF2NO3/c13-7-5-9(15)10(6-8(7)14)16-11(17)3-1-2-4-12(18)19/h5-6H,1-4H2,(H,16,17)(H,18,19). The molecule has 1 aromatic carbocycles. The molecule has 0 aromatic heterocycles. The number of carboxylic acids is 1. The summed E-state index contributed by atoms with van der Waals surface area (Å²) in [5.74, 6) is -2.83. The molecule has 0 saturated heterocycles. The Balaban J connectivity index is 2.48. The van der Waals surface area contributed by atoms with Crippen molar-refractivity contribution in [3.05, 3.63) is 28.2 Å². The maximum absolute atomic E-state index is 13.4. The summed E-state index contributed by atoms with van der Waals surface area (Å²) in [5, 5.41) is 10.7. The molecule has 1 aromatic rings. The first-order valence-corrected chi connectivity index (χ1v) is 6.35. The number of halogens is 3. The smallest absolute Gasteiger partial charge is 0.303 e. The molecule has 0 fully saturated rings. The van der Waals surface area contributed by atoms with Crippen molar-refractivity contribution in [2.75, 3.05) is 5.32 Å². The third-order valence-corrected chi connectivity index (χ3v) is 2.94. The van der Waals surface area contributed by atoms with Gasteiger partial charge in [0.15, 0.2) is 0 Å². The second kappa shape index (κ2) is 7.18. The largest absolute Gasteiger partial charge is 0.481 e. The summed E-state index contributed by atoms with van der Waals surface area (Å²) in [4.78, 5) is 21.7. The number of carbonyl (C=O) groups excluding carboxylic acids is 1. The topological polar surface area (TPSA) is 66.4 Å². The van der Waals surface area contributed by atoms with Gasteiger partial charge in [-0.15, -0.1) is 0 Å². The van der Waals surface area contributed by atoms with E-state index in [0.717, 1.165) is 12.1 Å². The molecule has 0 spiro atoms. The van der Waals surface area contributed by atoms with Crippen molar-refractivity contribution >= 4 is 33.5 Å². The van der Waals surface area contributed by atoms with Crippen LogP contribution in [0.4, 0.5) is 14.5 Å². The number of hydrogen-bond acceptors (Lipinski definition) is 2. The number of aliphatic carboxylic acids is 1. The molecule has 1 amide bonds. The van der Waals surface area contributed by atoms with Gasteiger partial charge in [-0.2, -0.15) is 0 Å². The monoisotopic (exact) mass is 335 g/mol. The number of anilines is 1. The summed E-state index contributed by atoms with van der Waals surface area (Å²) >= 11 is 2.83. The maximum Gasteiger partial charge on any atom is 0.303 e. The lowest BCUT2D eigenvalue weighted by molar-refractivity contribution is -0.137. The van der Waals surface area contributed by atoms with Gasteiger partial charge < -0.3 is 10.4 Å². The highest BCUT2D eigenvalue weighted by molar-refractivity contribution is 9.10. The summed E-state index contributed by atoms with van der Waals surface area (Å²) in [7, 11) is 0. The van der Waals surface area contributed by atoms with Gasteiger partial charge in [-0.05, 0) is 34.8 Å². The zero-order valence-electron chi connectivity index (χ0n) is 9.88. The van der Waals surface area contributed by atoms with Gasteiger partial charge in [0.25, 0.3) is 0 Å². The molecule has 4 nitrogen and oxygen atoms in total. The summed E-state index contributed by atoms with van der Waals surface area (Å²) in [6, 6.07) is 1.81. The first-order valence-electron chi connectivity index (χ1n) is 5.56. The lowest BCUT2D eigenvalue weighted by Crippen LogP contribution is -2.12. The Morgan fingerprint density at radius 2 is 1.79 bits per heavy atom. The van der Waals surface area contributed by atoms with E-state index in [-0.39, 0.29) is 23.0 Å². The van der Waals surface area contributed by atoms with E-state index in [2.05, 4.69) is 21.2 Å². The fourth-order valence-electron chi connectivity index (χ4n) is 1.39. The van der Waals surface area contributed by atoms with Crippen molar-refractivity contribution < 1.29 is 23.5 Å². The number of nitrogens with one attached hydrogen (secondary N) is 1. The second-order valence-corrected chi connectivity index (χ2v) is 4.75. The lowest BCUT2D eigenvalue weighted by atomic mass is 10.2. The third-order valence-electron chi connectivity index (χ3n) is 2.33. The minimum Gasteiger partial charge on any atom is -0.481 e. The molecular weight excluding hydrogens is 324 g/mol. The Morgan fingerprint density at radius 1 is 1.16 bits per heavy atom. The molecule has 0 aliphatic heterocycles. The highest BCUT2D eigenvalue weighted by Gasteiger charge is 2.11. The van der Waals surface area contributed by atoms with Crippen LogP contribution in [0.15, 0.2) is 16.6 Å². The van der Waals surface area contributed by atoms with Gasteiger partial charge >= 0.3 is 5.97 Å². The van der Waals surface area contributed by atoms with E-state index in [9.17, 15) is 18.4 Å². The second-order valence-electron chi connectivity index (χ2n) is 3.90. The van der Waals surface area contributed by atoms with Gasteiger partial charge in [-0.3, -0.25) is 9.59 Å². The highest BCUT2D eigenvalue weighted by Crippen LogP contribution is 2.23. The zero-order chi connectivity index (χ0) is 14.4. The Kier molecular flexibility index (Phi) is 5.88. The fourth-order valence-corrected chi connectivity index (χ4v) is 1.71. The Hall–Kier alpha value is -1.50. The van der Waals surface area contributed by atoms with E-state index < -0.39 is 23.5 Å². The van der Waals surface area contributed by atoms with Crippen LogP contribution >= 0.6 is 15.9 Å². The molecule has 0 saturated carbocycles. The lowest BCUT2D eigenvalue weighted by Gasteiger charge is -2.07.